The lowest BCUT2D eigenvalue weighted by atomic mass is 10.2. The standard InChI is InChI=1S/C16H14BrFN2O2/c1-2-22-15-8-5-13(17)9-12(15)10-19-20-16(21)11-3-6-14(18)7-4-11/h3-10H,2H2,1H3,(H,20,21). The predicted molar refractivity (Wildman–Crippen MR) is 86.8 cm³/mol. The van der Waals surface area contributed by atoms with Gasteiger partial charge in [0, 0.05) is 15.6 Å². The lowest BCUT2D eigenvalue weighted by Crippen LogP contribution is -2.17. The number of ether oxygens (including phenoxy) is 1. The molecule has 0 radical (unpaired) electrons. The largest absolute Gasteiger partial charge is 0.493 e. The highest BCUT2D eigenvalue weighted by atomic mass is 79.9. The van der Waals surface area contributed by atoms with E-state index in [1.165, 1.54) is 30.5 Å². The maximum atomic E-state index is 12.8. The van der Waals surface area contributed by atoms with E-state index in [1.807, 2.05) is 25.1 Å². The zero-order chi connectivity index (χ0) is 15.9. The van der Waals surface area contributed by atoms with Gasteiger partial charge in [0.2, 0.25) is 0 Å². The fraction of sp³-hybridized carbons (Fsp3) is 0.125. The normalized spacial score (nSPS) is 10.7. The number of nitrogens with one attached hydrogen (secondary N) is 1. The zero-order valence-corrected chi connectivity index (χ0v) is 13.4. The molecule has 2 aromatic carbocycles. The SMILES string of the molecule is CCOc1ccc(Br)cc1C=NNC(=O)c1ccc(F)cc1. The minimum atomic E-state index is -0.413. The van der Waals surface area contributed by atoms with Gasteiger partial charge in [-0.2, -0.15) is 5.10 Å². The van der Waals surface area contributed by atoms with E-state index < -0.39 is 11.7 Å². The molecule has 4 nitrogen and oxygen atoms in total. The number of benzene rings is 2. The fourth-order valence-electron chi connectivity index (χ4n) is 1.73. The molecule has 0 fully saturated rings. The van der Waals surface area contributed by atoms with Gasteiger partial charge in [0.25, 0.3) is 5.91 Å². The first-order chi connectivity index (χ1) is 10.6. The van der Waals surface area contributed by atoms with Gasteiger partial charge in [-0.05, 0) is 49.4 Å². The molecule has 0 saturated carbocycles. The maximum Gasteiger partial charge on any atom is 0.271 e. The van der Waals surface area contributed by atoms with Crippen molar-refractivity contribution in [3.8, 4) is 5.75 Å². The van der Waals surface area contributed by atoms with Crippen LogP contribution in [-0.2, 0) is 0 Å². The van der Waals surface area contributed by atoms with Crippen LogP contribution in [0.2, 0.25) is 0 Å². The Bertz CT molecular complexity index is 687. The van der Waals surface area contributed by atoms with E-state index in [-0.39, 0.29) is 0 Å². The topological polar surface area (TPSA) is 50.7 Å². The van der Waals surface area contributed by atoms with Crippen LogP contribution < -0.4 is 10.2 Å². The number of carbonyl (C=O) groups excluding carboxylic acids is 1. The molecule has 1 amide bonds. The summed E-state index contributed by atoms with van der Waals surface area (Å²) in [5.41, 5.74) is 3.46. The summed E-state index contributed by atoms with van der Waals surface area (Å²) in [7, 11) is 0. The number of nitrogens with zero attached hydrogens (tertiary/aromatic N) is 1. The van der Waals surface area contributed by atoms with Crippen molar-refractivity contribution in [3.63, 3.8) is 0 Å². The molecule has 0 atom stereocenters. The fourth-order valence-corrected chi connectivity index (χ4v) is 2.11. The Hall–Kier alpha value is -2.21. The first-order valence-electron chi connectivity index (χ1n) is 6.61. The van der Waals surface area contributed by atoms with Crippen LogP contribution in [0, 0.1) is 5.82 Å². The van der Waals surface area contributed by atoms with Gasteiger partial charge in [0.1, 0.15) is 11.6 Å². The molecule has 0 unspecified atom stereocenters. The van der Waals surface area contributed by atoms with Gasteiger partial charge in [0.15, 0.2) is 0 Å². The summed E-state index contributed by atoms with van der Waals surface area (Å²) in [6.45, 7) is 2.42. The molecule has 1 N–H and O–H groups in total. The van der Waals surface area contributed by atoms with Crippen LogP contribution in [-0.4, -0.2) is 18.7 Å². The molecule has 0 aliphatic carbocycles. The van der Waals surface area contributed by atoms with E-state index in [0.717, 1.165) is 10.0 Å². The Morgan fingerprint density at radius 2 is 2.05 bits per heavy atom. The van der Waals surface area contributed by atoms with Crippen LogP contribution in [0.3, 0.4) is 0 Å². The van der Waals surface area contributed by atoms with E-state index in [4.69, 9.17) is 4.74 Å². The Labute approximate surface area is 136 Å². The molecule has 0 bridgehead atoms. The second-order valence-electron chi connectivity index (χ2n) is 4.32. The average Bonchev–Trinajstić information content (AvgIpc) is 2.50. The van der Waals surface area contributed by atoms with E-state index in [0.29, 0.717) is 17.9 Å². The zero-order valence-electron chi connectivity index (χ0n) is 11.8. The van der Waals surface area contributed by atoms with Crippen LogP contribution in [0.25, 0.3) is 0 Å². The molecule has 2 rings (SSSR count). The Balaban J connectivity index is 2.07. The molecule has 2 aromatic rings. The van der Waals surface area contributed by atoms with Crippen molar-refractivity contribution >= 4 is 28.1 Å². The molecule has 114 valence electrons. The molecule has 6 heteroatoms. The number of carbonyl (C=O) groups is 1. The van der Waals surface area contributed by atoms with Crippen molar-refractivity contribution in [3.05, 3.63) is 63.9 Å². The van der Waals surface area contributed by atoms with Gasteiger partial charge >= 0.3 is 0 Å². The van der Waals surface area contributed by atoms with E-state index in [1.54, 1.807) is 0 Å². The average molecular weight is 365 g/mol. The molecule has 0 aromatic heterocycles. The third-order valence-electron chi connectivity index (χ3n) is 2.75. The van der Waals surface area contributed by atoms with Crippen LogP contribution in [0.1, 0.15) is 22.8 Å². The maximum absolute atomic E-state index is 12.8. The first-order valence-corrected chi connectivity index (χ1v) is 7.40. The van der Waals surface area contributed by atoms with Crippen LogP contribution in [0.5, 0.6) is 5.75 Å². The molecule has 0 aliphatic rings. The highest BCUT2D eigenvalue weighted by Crippen LogP contribution is 2.21. The second kappa shape index (κ2) is 7.70. The van der Waals surface area contributed by atoms with Gasteiger partial charge in [-0.25, -0.2) is 9.82 Å². The van der Waals surface area contributed by atoms with Gasteiger partial charge in [0.05, 0.1) is 12.8 Å². The summed E-state index contributed by atoms with van der Waals surface area (Å²) in [6.07, 6.45) is 1.50. The summed E-state index contributed by atoms with van der Waals surface area (Å²) in [6, 6.07) is 10.7. The molecular weight excluding hydrogens is 351 g/mol. The van der Waals surface area contributed by atoms with Gasteiger partial charge in [-0.3, -0.25) is 4.79 Å². The third kappa shape index (κ3) is 4.39. The van der Waals surface area contributed by atoms with Crippen molar-refractivity contribution < 1.29 is 13.9 Å². The highest BCUT2D eigenvalue weighted by molar-refractivity contribution is 9.10. The van der Waals surface area contributed by atoms with Crippen molar-refractivity contribution in [1.29, 1.82) is 0 Å². The summed E-state index contributed by atoms with van der Waals surface area (Å²) < 4.78 is 19.2. The molecule has 0 heterocycles. The number of hydrogen-bond donors (Lipinski definition) is 1. The number of halogens is 2. The van der Waals surface area contributed by atoms with Crippen molar-refractivity contribution in [1.82, 2.24) is 5.43 Å². The molecule has 22 heavy (non-hydrogen) atoms. The first kappa shape index (κ1) is 16.2. The number of hydrazone groups is 1. The van der Waals surface area contributed by atoms with E-state index >= 15 is 0 Å². The minimum Gasteiger partial charge on any atom is -0.493 e. The molecular formula is C16H14BrFN2O2. The molecule has 0 aliphatic heterocycles. The minimum absolute atomic E-state index is 0.331. The predicted octanol–water partition coefficient (Wildman–Crippen LogP) is 3.75. The summed E-state index contributed by atoms with van der Waals surface area (Å²) >= 11 is 3.37. The Morgan fingerprint density at radius 3 is 2.73 bits per heavy atom. The summed E-state index contributed by atoms with van der Waals surface area (Å²) in [5, 5.41) is 3.91. The summed E-state index contributed by atoms with van der Waals surface area (Å²) in [5.74, 6) is -0.134. The van der Waals surface area contributed by atoms with E-state index in [9.17, 15) is 9.18 Å². The smallest absolute Gasteiger partial charge is 0.271 e. The van der Waals surface area contributed by atoms with Crippen LogP contribution in [0.15, 0.2) is 52.0 Å². The number of rotatable bonds is 5. The van der Waals surface area contributed by atoms with Gasteiger partial charge < -0.3 is 4.74 Å². The number of amides is 1. The van der Waals surface area contributed by atoms with Crippen LogP contribution >= 0.6 is 15.9 Å². The lowest BCUT2D eigenvalue weighted by molar-refractivity contribution is 0.0955. The lowest BCUT2D eigenvalue weighted by Gasteiger charge is -2.07. The van der Waals surface area contributed by atoms with E-state index in [2.05, 4.69) is 26.5 Å². The second-order valence-corrected chi connectivity index (χ2v) is 5.24. The Morgan fingerprint density at radius 1 is 1.32 bits per heavy atom. The van der Waals surface area contributed by atoms with Crippen molar-refractivity contribution in [2.24, 2.45) is 5.10 Å². The molecule has 0 spiro atoms. The molecule has 0 saturated heterocycles. The summed E-state index contributed by atoms with van der Waals surface area (Å²) in [4.78, 5) is 11.8. The van der Waals surface area contributed by atoms with Crippen LogP contribution in [0.4, 0.5) is 4.39 Å². The third-order valence-corrected chi connectivity index (χ3v) is 3.24. The van der Waals surface area contributed by atoms with Gasteiger partial charge in [-0.1, -0.05) is 15.9 Å². The van der Waals surface area contributed by atoms with Crippen molar-refractivity contribution in [2.45, 2.75) is 6.92 Å². The van der Waals surface area contributed by atoms with Gasteiger partial charge in [-0.15, -0.1) is 0 Å². The van der Waals surface area contributed by atoms with Crippen molar-refractivity contribution in [2.75, 3.05) is 6.61 Å². The number of hydrogen-bond acceptors (Lipinski definition) is 3. The highest BCUT2D eigenvalue weighted by Gasteiger charge is 2.05. The monoisotopic (exact) mass is 364 g/mol. The quantitative estimate of drug-likeness (QED) is 0.648. The Kier molecular flexibility index (Phi) is 5.66.